The molecule has 0 fully saturated rings. The normalized spacial score (nSPS) is 16.5. The first kappa shape index (κ1) is 20.8. The summed E-state index contributed by atoms with van der Waals surface area (Å²) in [4.78, 5) is 18.8. The summed E-state index contributed by atoms with van der Waals surface area (Å²) in [5, 5.41) is 2.66. The number of hydrogen-bond acceptors (Lipinski definition) is 5. The third kappa shape index (κ3) is 4.73. The number of nitrogens with zero attached hydrogens (tertiary/aromatic N) is 2. The number of nitrogens with one attached hydrogen (secondary N) is 1. The van der Waals surface area contributed by atoms with Gasteiger partial charge in [0.05, 0.1) is 5.56 Å². The third-order valence-corrected chi connectivity index (χ3v) is 5.07. The van der Waals surface area contributed by atoms with Crippen molar-refractivity contribution in [3.63, 3.8) is 0 Å². The topological polar surface area (TPSA) is 70.7 Å². The molecule has 1 amide bonds. The van der Waals surface area contributed by atoms with E-state index in [9.17, 15) is 18.0 Å². The minimum atomic E-state index is -4.51. The predicted octanol–water partition coefficient (Wildman–Crippen LogP) is 4.60. The second-order valence-electron chi connectivity index (χ2n) is 6.37. The van der Waals surface area contributed by atoms with Gasteiger partial charge in [-0.2, -0.15) is 13.2 Å². The molecular formula is C20H19F3N4OS. The van der Waals surface area contributed by atoms with Gasteiger partial charge in [-0.15, -0.1) is 11.8 Å². The number of amidine groups is 1. The average Bonchev–Trinajstić information content (AvgIpc) is 2.69. The quantitative estimate of drug-likeness (QED) is 0.758. The van der Waals surface area contributed by atoms with Crippen LogP contribution in [-0.2, 0) is 6.18 Å². The molecule has 5 nitrogen and oxygen atoms in total. The van der Waals surface area contributed by atoms with E-state index in [1.54, 1.807) is 18.2 Å². The molecule has 0 bridgehead atoms. The van der Waals surface area contributed by atoms with Gasteiger partial charge < -0.3 is 16.0 Å². The van der Waals surface area contributed by atoms with Gasteiger partial charge in [-0.3, -0.25) is 4.79 Å². The zero-order valence-corrected chi connectivity index (χ0v) is 16.5. The predicted molar refractivity (Wildman–Crippen MR) is 111 cm³/mol. The maximum Gasteiger partial charge on any atom is 0.416 e. The number of halogens is 3. The molecule has 0 aromatic heterocycles. The Labute approximate surface area is 170 Å². The van der Waals surface area contributed by atoms with Crippen molar-refractivity contribution in [2.45, 2.75) is 18.6 Å². The van der Waals surface area contributed by atoms with E-state index >= 15 is 0 Å². The summed E-state index contributed by atoms with van der Waals surface area (Å²) in [7, 11) is 0. The van der Waals surface area contributed by atoms with Gasteiger partial charge in [0.25, 0.3) is 5.91 Å². The molecule has 29 heavy (non-hydrogen) atoms. The van der Waals surface area contributed by atoms with Crippen LogP contribution in [0.2, 0.25) is 0 Å². The number of rotatable bonds is 4. The Hall–Kier alpha value is -2.94. The van der Waals surface area contributed by atoms with Gasteiger partial charge in [-0.05, 0) is 55.2 Å². The standard InChI is InChI=1S/C20H19F3N4OS/c1-12-6-7-15(11-16(12)27-9-8-17(24)26-19(27)29-2)25-18(28)13-4-3-5-14(10-13)20(21,22)23/h3-11,19H,1-2H3,(H2,24,26)(H,25,28). The number of carbonyl (C=O) groups is 1. The largest absolute Gasteiger partial charge is 0.416 e. The van der Waals surface area contributed by atoms with Gasteiger partial charge in [0, 0.05) is 23.1 Å². The van der Waals surface area contributed by atoms with Gasteiger partial charge in [0.2, 0.25) is 0 Å². The molecule has 1 unspecified atom stereocenters. The second-order valence-corrected chi connectivity index (χ2v) is 7.27. The Kier molecular flexibility index (Phi) is 5.88. The van der Waals surface area contributed by atoms with Crippen molar-refractivity contribution in [3.05, 3.63) is 71.4 Å². The number of benzene rings is 2. The van der Waals surface area contributed by atoms with E-state index in [4.69, 9.17) is 5.73 Å². The van der Waals surface area contributed by atoms with Crippen LogP contribution < -0.4 is 16.0 Å². The van der Waals surface area contributed by atoms with Crippen LogP contribution in [-0.4, -0.2) is 23.5 Å². The lowest BCUT2D eigenvalue weighted by Crippen LogP contribution is -2.32. The number of hydrogen-bond donors (Lipinski definition) is 2. The highest BCUT2D eigenvalue weighted by atomic mass is 32.2. The Bertz CT molecular complexity index is 988. The highest BCUT2D eigenvalue weighted by Crippen LogP contribution is 2.32. The number of nitrogens with two attached hydrogens (primary N) is 1. The van der Waals surface area contributed by atoms with E-state index in [-0.39, 0.29) is 11.1 Å². The van der Waals surface area contributed by atoms with E-state index in [1.807, 2.05) is 30.3 Å². The molecule has 0 aliphatic carbocycles. The molecular weight excluding hydrogens is 401 g/mol. The van der Waals surface area contributed by atoms with Crippen molar-refractivity contribution in [3.8, 4) is 0 Å². The van der Waals surface area contributed by atoms with Crippen molar-refractivity contribution >= 4 is 34.9 Å². The average molecular weight is 420 g/mol. The summed E-state index contributed by atoms with van der Waals surface area (Å²) in [6.07, 6.45) is 0.885. The summed E-state index contributed by atoms with van der Waals surface area (Å²) in [6.45, 7) is 1.92. The van der Waals surface area contributed by atoms with Crippen LogP contribution in [0.15, 0.2) is 59.7 Å². The first-order valence-corrected chi connectivity index (χ1v) is 9.89. The molecule has 1 aliphatic heterocycles. The third-order valence-electron chi connectivity index (χ3n) is 4.31. The Morgan fingerprint density at radius 3 is 2.69 bits per heavy atom. The maximum atomic E-state index is 12.9. The Morgan fingerprint density at radius 1 is 1.24 bits per heavy atom. The lowest BCUT2D eigenvalue weighted by atomic mass is 10.1. The first-order valence-electron chi connectivity index (χ1n) is 8.61. The molecule has 0 saturated heterocycles. The van der Waals surface area contributed by atoms with Crippen LogP contribution in [0.5, 0.6) is 0 Å². The molecule has 9 heteroatoms. The van der Waals surface area contributed by atoms with E-state index < -0.39 is 17.6 Å². The molecule has 0 spiro atoms. The number of carbonyl (C=O) groups excluding carboxylic acids is 1. The molecule has 0 saturated carbocycles. The molecule has 2 aromatic carbocycles. The molecule has 2 aromatic rings. The monoisotopic (exact) mass is 420 g/mol. The van der Waals surface area contributed by atoms with Gasteiger partial charge in [-0.1, -0.05) is 12.1 Å². The van der Waals surface area contributed by atoms with Crippen molar-refractivity contribution in [2.75, 3.05) is 16.5 Å². The molecule has 1 heterocycles. The number of aliphatic imine (C=N–C) groups is 1. The number of anilines is 2. The summed E-state index contributed by atoms with van der Waals surface area (Å²) >= 11 is 1.49. The minimum Gasteiger partial charge on any atom is -0.384 e. The van der Waals surface area contributed by atoms with E-state index in [1.165, 1.54) is 23.9 Å². The molecule has 3 rings (SSSR count). The van der Waals surface area contributed by atoms with Crippen LogP contribution in [0.25, 0.3) is 0 Å². The zero-order valence-electron chi connectivity index (χ0n) is 15.7. The highest BCUT2D eigenvalue weighted by Gasteiger charge is 2.31. The van der Waals surface area contributed by atoms with Crippen molar-refractivity contribution in [2.24, 2.45) is 10.7 Å². The number of thioether (sulfide) groups is 1. The van der Waals surface area contributed by atoms with Crippen molar-refractivity contribution in [1.82, 2.24) is 0 Å². The van der Waals surface area contributed by atoms with Gasteiger partial charge in [0.15, 0.2) is 5.50 Å². The van der Waals surface area contributed by atoms with Gasteiger partial charge in [0.1, 0.15) is 5.84 Å². The van der Waals surface area contributed by atoms with Gasteiger partial charge in [-0.25, -0.2) is 4.99 Å². The Morgan fingerprint density at radius 2 is 2.00 bits per heavy atom. The summed E-state index contributed by atoms with van der Waals surface area (Å²) in [6, 6.07) is 9.59. The number of alkyl halides is 3. The molecule has 1 atom stereocenters. The van der Waals surface area contributed by atoms with E-state index in [0.717, 1.165) is 23.4 Å². The molecule has 0 radical (unpaired) electrons. The fourth-order valence-electron chi connectivity index (χ4n) is 2.83. The van der Waals surface area contributed by atoms with Crippen LogP contribution in [0.4, 0.5) is 24.5 Å². The summed E-state index contributed by atoms with van der Waals surface area (Å²) < 4.78 is 38.7. The number of aryl methyl sites for hydroxylation is 1. The van der Waals surface area contributed by atoms with E-state index in [0.29, 0.717) is 11.5 Å². The molecule has 1 aliphatic rings. The molecule has 152 valence electrons. The Balaban J connectivity index is 1.85. The molecule has 3 N–H and O–H groups in total. The fourth-order valence-corrected chi connectivity index (χ4v) is 3.47. The van der Waals surface area contributed by atoms with Crippen LogP contribution in [0, 0.1) is 6.92 Å². The second kappa shape index (κ2) is 8.20. The van der Waals surface area contributed by atoms with Crippen LogP contribution in [0.3, 0.4) is 0 Å². The first-order chi connectivity index (χ1) is 13.7. The van der Waals surface area contributed by atoms with E-state index in [2.05, 4.69) is 10.3 Å². The smallest absolute Gasteiger partial charge is 0.384 e. The van der Waals surface area contributed by atoms with Crippen molar-refractivity contribution in [1.29, 1.82) is 0 Å². The summed E-state index contributed by atoms with van der Waals surface area (Å²) in [5.74, 6) is -0.198. The van der Waals surface area contributed by atoms with Gasteiger partial charge >= 0.3 is 6.18 Å². The summed E-state index contributed by atoms with van der Waals surface area (Å²) in [5.41, 5.74) is 6.78. The minimum absolute atomic E-state index is 0.0702. The SMILES string of the molecule is CSC1N=C(N)C=CN1c1cc(NC(=O)c2cccc(C(F)(F)F)c2)ccc1C. The highest BCUT2D eigenvalue weighted by molar-refractivity contribution is 7.99. The van der Waals surface area contributed by atoms with Crippen molar-refractivity contribution < 1.29 is 18.0 Å². The number of amides is 1. The van der Waals surface area contributed by atoms with Crippen LogP contribution >= 0.6 is 11.8 Å². The van der Waals surface area contributed by atoms with Crippen LogP contribution in [0.1, 0.15) is 21.5 Å². The lowest BCUT2D eigenvalue weighted by Gasteiger charge is -2.30. The maximum absolute atomic E-state index is 12.9. The fraction of sp³-hybridized carbons (Fsp3) is 0.200. The zero-order chi connectivity index (χ0) is 21.2. The lowest BCUT2D eigenvalue weighted by molar-refractivity contribution is -0.137.